The third kappa shape index (κ3) is 5.73. The largest absolute Gasteiger partial charge is 0.493 e. The molecule has 3 heteroatoms. The van der Waals surface area contributed by atoms with Crippen molar-refractivity contribution in [2.75, 3.05) is 6.61 Å². The van der Waals surface area contributed by atoms with Gasteiger partial charge in [0.05, 0.1) is 6.61 Å². The lowest BCUT2D eigenvalue weighted by molar-refractivity contribution is 0.322. The summed E-state index contributed by atoms with van der Waals surface area (Å²) in [7, 11) is 0. The number of benzene rings is 3. The summed E-state index contributed by atoms with van der Waals surface area (Å²) in [6.07, 6.45) is 0.905. The number of nitrogens with one attached hydrogen (secondary N) is 1. The molecule has 0 unspecified atom stereocenters. The zero-order valence-electron chi connectivity index (χ0n) is 14.1. The number of halogens is 1. The van der Waals surface area contributed by atoms with Gasteiger partial charge >= 0.3 is 0 Å². The summed E-state index contributed by atoms with van der Waals surface area (Å²) in [5.41, 5.74) is 3.55. The number of rotatable bonds is 8. The van der Waals surface area contributed by atoms with Crippen LogP contribution in [0.1, 0.15) is 16.7 Å². The molecule has 0 aliphatic rings. The van der Waals surface area contributed by atoms with Crippen LogP contribution in [0.5, 0.6) is 5.75 Å². The molecular weight excluding hydrogens is 313 g/mol. The van der Waals surface area contributed by atoms with E-state index in [0.717, 1.165) is 30.8 Å². The summed E-state index contributed by atoms with van der Waals surface area (Å²) >= 11 is 0. The van der Waals surface area contributed by atoms with E-state index in [-0.39, 0.29) is 5.82 Å². The fraction of sp³-hybridized carbons (Fsp3) is 0.182. The summed E-state index contributed by atoms with van der Waals surface area (Å²) < 4.78 is 18.7. The molecule has 0 bridgehead atoms. The van der Waals surface area contributed by atoms with Gasteiger partial charge in [0.25, 0.3) is 0 Å². The van der Waals surface area contributed by atoms with Crippen LogP contribution in [0.2, 0.25) is 0 Å². The smallest absolute Gasteiger partial charge is 0.123 e. The van der Waals surface area contributed by atoms with Gasteiger partial charge in [-0.1, -0.05) is 54.6 Å². The van der Waals surface area contributed by atoms with Crippen molar-refractivity contribution in [2.45, 2.75) is 19.5 Å². The van der Waals surface area contributed by atoms with Crippen molar-refractivity contribution in [2.24, 2.45) is 0 Å². The van der Waals surface area contributed by atoms with E-state index in [2.05, 4.69) is 29.6 Å². The molecule has 0 heterocycles. The molecule has 3 rings (SSSR count). The first-order valence-corrected chi connectivity index (χ1v) is 8.50. The molecule has 0 atom stereocenters. The molecule has 0 spiro atoms. The minimum Gasteiger partial charge on any atom is -0.493 e. The van der Waals surface area contributed by atoms with E-state index < -0.39 is 0 Å². The molecule has 3 aromatic carbocycles. The van der Waals surface area contributed by atoms with Crippen LogP contribution < -0.4 is 10.1 Å². The SMILES string of the molecule is Fc1ccc(CNCc2ccc(OCCc3ccccc3)cc2)cc1. The molecule has 0 saturated heterocycles. The first-order valence-electron chi connectivity index (χ1n) is 8.50. The van der Waals surface area contributed by atoms with Crippen LogP contribution in [0.3, 0.4) is 0 Å². The highest BCUT2D eigenvalue weighted by Crippen LogP contribution is 2.13. The molecule has 128 valence electrons. The fourth-order valence-corrected chi connectivity index (χ4v) is 2.59. The normalized spacial score (nSPS) is 10.6. The molecule has 0 amide bonds. The van der Waals surface area contributed by atoms with Gasteiger partial charge in [-0.3, -0.25) is 0 Å². The van der Waals surface area contributed by atoms with Crippen LogP contribution in [-0.2, 0) is 19.5 Å². The predicted octanol–water partition coefficient (Wildman–Crippen LogP) is 4.74. The van der Waals surface area contributed by atoms with Gasteiger partial charge in [0.15, 0.2) is 0 Å². The Morgan fingerprint density at radius 1 is 0.680 bits per heavy atom. The zero-order valence-corrected chi connectivity index (χ0v) is 14.1. The summed E-state index contributed by atoms with van der Waals surface area (Å²) in [4.78, 5) is 0. The van der Waals surface area contributed by atoms with Crippen LogP contribution in [0.25, 0.3) is 0 Å². The second-order valence-corrected chi connectivity index (χ2v) is 5.96. The van der Waals surface area contributed by atoms with Gasteiger partial charge in [-0.05, 0) is 41.0 Å². The van der Waals surface area contributed by atoms with E-state index in [1.807, 2.05) is 30.3 Å². The first kappa shape index (κ1) is 17.2. The predicted molar refractivity (Wildman–Crippen MR) is 99.0 cm³/mol. The molecule has 25 heavy (non-hydrogen) atoms. The Morgan fingerprint density at radius 2 is 1.28 bits per heavy atom. The highest BCUT2D eigenvalue weighted by molar-refractivity contribution is 5.27. The van der Waals surface area contributed by atoms with Gasteiger partial charge in [-0.2, -0.15) is 0 Å². The summed E-state index contributed by atoms with van der Waals surface area (Å²) in [5.74, 6) is 0.685. The molecule has 1 N–H and O–H groups in total. The lowest BCUT2D eigenvalue weighted by Crippen LogP contribution is -2.12. The third-order valence-corrected chi connectivity index (χ3v) is 4.00. The first-order chi connectivity index (χ1) is 12.3. The molecule has 3 aromatic rings. The van der Waals surface area contributed by atoms with Gasteiger partial charge in [-0.25, -0.2) is 4.39 Å². The summed E-state index contributed by atoms with van der Waals surface area (Å²) in [5, 5.41) is 3.36. The molecule has 2 nitrogen and oxygen atoms in total. The van der Waals surface area contributed by atoms with Gasteiger partial charge in [0.1, 0.15) is 11.6 Å². The Morgan fingerprint density at radius 3 is 1.92 bits per heavy atom. The average Bonchev–Trinajstić information content (AvgIpc) is 2.66. The highest BCUT2D eigenvalue weighted by Gasteiger charge is 1.98. The van der Waals surface area contributed by atoms with Gasteiger partial charge in [0, 0.05) is 19.5 Å². The quantitative estimate of drug-likeness (QED) is 0.642. The maximum atomic E-state index is 12.9. The Hall–Kier alpha value is -2.65. The lowest BCUT2D eigenvalue weighted by Gasteiger charge is -2.08. The summed E-state index contributed by atoms with van der Waals surface area (Å²) in [6, 6.07) is 25.0. The van der Waals surface area contributed by atoms with Crippen molar-refractivity contribution in [3.8, 4) is 5.75 Å². The molecule has 0 aliphatic carbocycles. The zero-order chi connectivity index (χ0) is 17.3. The van der Waals surface area contributed by atoms with E-state index in [9.17, 15) is 4.39 Å². The van der Waals surface area contributed by atoms with Crippen molar-refractivity contribution < 1.29 is 9.13 Å². The van der Waals surface area contributed by atoms with Crippen LogP contribution >= 0.6 is 0 Å². The van der Waals surface area contributed by atoms with Crippen LogP contribution in [-0.4, -0.2) is 6.61 Å². The number of hydrogen-bond donors (Lipinski definition) is 1. The van der Waals surface area contributed by atoms with Crippen molar-refractivity contribution in [1.82, 2.24) is 5.32 Å². The van der Waals surface area contributed by atoms with Crippen LogP contribution in [0.4, 0.5) is 4.39 Å². The third-order valence-electron chi connectivity index (χ3n) is 4.00. The number of ether oxygens (including phenoxy) is 1. The average molecular weight is 335 g/mol. The van der Waals surface area contributed by atoms with E-state index in [1.165, 1.54) is 23.3 Å². The van der Waals surface area contributed by atoms with Crippen LogP contribution in [0.15, 0.2) is 78.9 Å². The van der Waals surface area contributed by atoms with Crippen LogP contribution in [0, 0.1) is 5.82 Å². The van der Waals surface area contributed by atoms with Gasteiger partial charge in [-0.15, -0.1) is 0 Å². The maximum absolute atomic E-state index is 12.9. The Kier molecular flexibility index (Phi) is 6.18. The summed E-state index contributed by atoms with van der Waals surface area (Å²) in [6.45, 7) is 2.16. The molecule has 0 saturated carbocycles. The number of hydrogen-bond acceptors (Lipinski definition) is 2. The van der Waals surface area contributed by atoms with E-state index >= 15 is 0 Å². The molecular formula is C22H22FNO. The van der Waals surface area contributed by atoms with E-state index in [0.29, 0.717) is 6.61 Å². The minimum atomic E-state index is -0.202. The molecule has 0 radical (unpaired) electrons. The molecule has 0 fully saturated rings. The Bertz CT molecular complexity index is 754. The van der Waals surface area contributed by atoms with Gasteiger partial charge < -0.3 is 10.1 Å². The van der Waals surface area contributed by atoms with Crippen molar-refractivity contribution in [3.63, 3.8) is 0 Å². The van der Waals surface area contributed by atoms with Crippen molar-refractivity contribution in [1.29, 1.82) is 0 Å². The molecule has 0 aromatic heterocycles. The monoisotopic (exact) mass is 335 g/mol. The van der Waals surface area contributed by atoms with E-state index in [1.54, 1.807) is 12.1 Å². The molecule has 0 aliphatic heterocycles. The standard InChI is InChI=1S/C22H22FNO/c23-21-10-6-19(7-11-21)16-24-17-20-8-12-22(13-9-20)25-15-14-18-4-2-1-3-5-18/h1-13,24H,14-17H2. The Labute approximate surface area is 148 Å². The second-order valence-electron chi connectivity index (χ2n) is 5.96. The minimum absolute atomic E-state index is 0.202. The van der Waals surface area contributed by atoms with Gasteiger partial charge in [0.2, 0.25) is 0 Å². The lowest BCUT2D eigenvalue weighted by atomic mass is 10.2. The topological polar surface area (TPSA) is 21.3 Å². The Balaban J connectivity index is 1.40. The second kappa shape index (κ2) is 9.00. The highest BCUT2D eigenvalue weighted by atomic mass is 19.1. The van der Waals surface area contributed by atoms with Crippen molar-refractivity contribution >= 4 is 0 Å². The van der Waals surface area contributed by atoms with E-state index in [4.69, 9.17) is 4.74 Å². The maximum Gasteiger partial charge on any atom is 0.123 e. The fourth-order valence-electron chi connectivity index (χ4n) is 2.59. The van der Waals surface area contributed by atoms with Crippen molar-refractivity contribution in [3.05, 3.63) is 101 Å².